The number of carbonyl (C=O) groups excluding carboxylic acids is 1. The Labute approximate surface area is 121 Å². The van der Waals surface area contributed by atoms with E-state index in [4.69, 9.17) is 5.11 Å². The summed E-state index contributed by atoms with van der Waals surface area (Å²) in [5, 5.41) is 30.0. The Morgan fingerprint density at radius 1 is 1.52 bits per heavy atom. The van der Waals surface area contributed by atoms with E-state index in [1.165, 1.54) is 22.3 Å². The van der Waals surface area contributed by atoms with Gasteiger partial charge in [-0.2, -0.15) is 0 Å². The van der Waals surface area contributed by atoms with Crippen molar-refractivity contribution in [3.8, 4) is 0 Å². The standard InChI is InChI=1S/C10H9N5O5S/c16-9(6-3-8(15(19)20)21-5-6)11-1-2-14-4-7(10(17)18)12-13-14/h3-5H,1-2H2,(H,11,16)(H,17,18). The van der Waals surface area contributed by atoms with Gasteiger partial charge in [0.25, 0.3) is 5.91 Å². The second-order valence-electron chi connectivity index (χ2n) is 3.86. The number of nitrogens with one attached hydrogen (secondary N) is 1. The van der Waals surface area contributed by atoms with E-state index < -0.39 is 16.8 Å². The van der Waals surface area contributed by atoms with Crippen LogP contribution in [0.25, 0.3) is 0 Å². The zero-order valence-corrected chi connectivity index (χ0v) is 11.2. The van der Waals surface area contributed by atoms with Crippen molar-refractivity contribution >= 4 is 28.2 Å². The highest BCUT2D eigenvalue weighted by Gasteiger charge is 2.14. The van der Waals surface area contributed by atoms with Crippen LogP contribution in [0.15, 0.2) is 17.6 Å². The molecule has 0 bridgehead atoms. The Morgan fingerprint density at radius 3 is 2.86 bits per heavy atom. The maximum absolute atomic E-state index is 11.7. The molecule has 2 rings (SSSR count). The second kappa shape index (κ2) is 6.09. The van der Waals surface area contributed by atoms with Gasteiger partial charge in [-0.15, -0.1) is 5.10 Å². The lowest BCUT2D eigenvalue weighted by atomic mass is 10.3. The van der Waals surface area contributed by atoms with Crippen molar-refractivity contribution in [1.82, 2.24) is 20.3 Å². The summed E-state index contributed by atoms with van der Waals surface area (Å²) in [6, 6.07) is 1.19. The Kier molecular flexibility index (Phi) is 4.23. The van der Waals surface area contributed by atoms with Crippen molar-refractivity contribution in [1.29, 1.82) is 0 Å². The molecule has 0 aliphatic carbocycles. The minimum Gasteiger partial charge on any atom is -0.476 e. The number of carboxylic acid groups (broad SMARTS) is 1. The normalized spacial score (nSPS) is 10.3. The number of hydrogen-bond donors (Lipinski definition) is 2. The summed E-state index contributed by atoms with van der Waals surface area (Å²) in [5.74, 6) is -1.63. The fourth-order valence-corrected chi connectivity index (χ4v) is 2.14. The van der Waals surface area contributed by atoms with E-state index in [-0.39, 0.29) is 29.3 Å². The number of carbonyl (C=O) groups is 2. The van der Waals surface area contributed by atoms with Crippen LogP contribution in [0, 0.1) is 10.1 Å². The highest BCUT2D eigenvalue weighted by molar-refractivity contribution is 7.13. The number of rotatable bonds is 6. The number of aromatic nitrogens is 3. The highest BCUT2D eigenvalue weighted by Crippen LogP contribution is 2.22. The Bertz CT molecular complexity index is 694. The number of nitrogens with zero attached hydrogens (tertiary/aromatic N) is 4. The summed E-state index contributed by atoms with van der Waals surface area (Å²) in [5.41, 5.74) is 0.0197. The van der Waals surface area contributed by atoms with E-state index in [2.05, 4.69) is 15.6 Å². The molecule has 2 N–H and O–H groups in total. The maximum Gasteiger partial charge on any atom is 0.358 e. The summed E-state index contributed by atoms with van der Waals surface area (Å²) in [6.07, 6.45) is 1.24. The van der Waals surface area contributed by atoms with E-state index in [0.29, 0.717) is 0 Å². The summed E-state index contributed by atoms with van der Waals surface area (Å²) < 4.78 is 1.28. The van der Waals surface area contributed by atoms with Crippen molar-refractivity contribution in [3.05, 3.63) is 39.0 Å². The van der Waals surface area contributed by atoms with Gasteiger partial charge in [0.1, 0.15) is 0 Å². The quantitative estimate of drug-likeness (QED) is 0.580. The number of hydrogen-bond acceptors (Lipinski definition) is 7. The van der Waals surface area contributed by atoms with Crippen molar-refractivity contribution in [3.63, 3.8) is 0 Å². The molecular formula is C10H9N5O5S. The second-order valence-corrected chi connectivity index (χ2v) is 4.75. The summed E-state index contributed by atoms with van der Waals surface area (Å²) in [6.45, 7) is 0.420. The van der Waals surface area contributed by atoms with Crippen LogP contribution in [-0.2, 0) is 6.54 Å². The van der Waals surface area contributed by atoms with Gasteiger partial charge in [-0.25, -0.2) is 9.48 Å². The van der Waals surface area contributed by atoms with Gasteiger partial charge in [0.05, 0.1) is 23.2 Å². The van der Waals surface area contributed by atoms with Crippen molar-refractivity contribution in [2.24, 2.45) is 0 Å². The molecule has 1 amide bonds. The van der Waals surface area contributed by atoms with Crippen molar-refractivity contribution in [2.75, 3.05) is 6.54 Å². The molecule has 0 aromatic carbocycles. The Morgan fingerprint density at radius 2 is 2.29 bits per heavy atom. The maximum atomic E-state index is 11.7. The minimum atomic E-state index is -1.18. The van der Waals surface area contributed by atoms with Crippen LogP contribution in [0.5, 0.6) is 0 Å². The summed E-state index contributed by atoms with van der Waals surface area (Å²) in [4.78, 5) is 32.3. The van der Waals surface area contributed by atoms with E-state index in [9.17, 15) is 19.7 Å². The SMILES string of the molecule is O=C(NCCn1cc(C(=O)O)nn1)c1csc([N+](=O)[O-])c1. The first kappa shape index (κ1) is 14.6. The molecular weight excluding hydrogens is 302 g/mol. The van der Waals surface area contributed by atoms with Gasteiger partial charge in [0.2, 0.25) is 0 Å². The molecule has 2 heterocycles. The zero-order chi connectivity index (χ0) is 15.4. The largest absolute Gasteiger partial charge is 0.476 e. The molecule has 2 aromatic rings. The summed E-state index contributed by atoms with van der Waals surface area (Å²) >= 11 is 0.870. The lowest BCUT2D eigenvalue weighted by Crippen LogP contribution is -2.27. The highest BCUT2D eigenvalue weighted by atomic mass is 32.1. The molecule has 0 spiro atoms. The number of nitro groups is 1. The molecule has 110 valence electrons. The van der Waals surface area contributed by atoms with E-state index in [0.717, 1.165) is 11.3 Å². The van der Waals surface area contributed by atoms with Crippen LogP contribution in [0.3, 0.4) is 0 Å². The van der Waals surface area contributed by atoms with Gasteiger partial charge in [-0.05, 0) is 0 Å². The fraction of sp³-hybridized carbons (Fsp3) is 0.200. The third-order valence-corrected chi connectivity index (χ3v) is 3.29. The zero-order valence-electron chi connectivity index (χ0n) is 10.4. The number of carboxylic acids is 1. The number of amides is 1. The first-order chi connectivity index (χ1) is 9.97. The molecule has 11 heteroatoms. The molecule has 0 unspecified atom stereocenters. The molecule has 21 heavy (non-hydrogen) atoms. The molecule has 0 fully saturated rings. The van der Waals surface area contributed by atoms with Crippen molar-refractivity contribution in [2.45, 2.75) is 6.54 Å². The third-order valence-electron chi connectivity index (χ3n) is 2.41. The molecule has 0 radical (unpaired) electrons. The Balaban J connectivity index is 1.85. The van der Waals surface area contributed by atoms with Gasteiger partial charge in [0, 0.05) is 18.0 Å². The average molecular weight is 311 g/mol. The van der Waals surface area contributed by atoms with Gasteiger partial charge < -0.3 is 10.4 Å². The van der Waals surface area contributed by atoms with Crippen LogP contribution in [0.4, 0.5) is 5.00 Å². The van der Waals surface area contributed by atoms with Crippen LogP contribution < -0.4 is 5.32 Å². The minimum absolute atomic E-state index is 0.109. The lowest BCUT2D eigenvalue weighted by molar-refractivity contribution is -0.380. The van der Waals surface area contributed by atoms with Gasteiger partial charge in [-0.1, -0.05) is 16.6 Å². The predicted octanol–water partition coefficient (Wildman–Crippen LogP) is 0.376. The van der Waals surface area contributed by atoms with Gasteiger partial charge >= 0.3 is 11.0 Å². The van der Waals surface area contributed by atoms with Crippen LogP contribution in [0.1, 0.15) is 20.8 Å². The smallest absolute Gasteiger partial charge is 0.358 e. The third kappa shape index (κ3) is 3.60. The van der Waals surface area contributed by atoms with Crippen LogP contribution >= 0.6 is 11.3 Å². The fourth-order valence-electron chi connectivity index (χ4n) is 1.43. The van der Waals surface area contributed by atoms with Crippen molar-refractivity contribution < 1.29 is 19.6 Å². The molecule has 0 aliphatic rings. The van der Waals surface area contributed by atoms with E-state index in [1.54, 1.807) is 0 Å². The molecule has 0 atom stereocenters. The van der Waals surface area contributed by atoms with Gasteiger partial charge in [-0.3, -0.25) is 14.9 Å². The molecule has 10 nitrogen and oxygen atoms in total. The number of aromatic carboxylic acids is 1. The Hall–Kier alpha value is -2.82. The first-order valence-electron chi connectivity index (χ1n) is 5.62. The monoisotopic (exact) mass is 311 g/mol. The average Bonchev–Trinajstić information content (AvgIpc) is 3.07. The molecule has 0 aliphatic heterocycles. The topological polar surface area (TPSA) is 140 Å². The molecule has 0 saturated carbocycles. The van der Waals surface area contributed by atoms with Crippen LogP contribution in [-0.4, -0.2) is 43.4 Å². The molecule has 2 aromatic heterocycles. The van der Waals surface area contributed by atoms with E-state index >= 15 is 0 Å². The number of thiophene rings is 1. The first-order valence-corrected chi connectivity index (χ1v) is 6.50. The van der Waals surface area contributed by atoms with Crippen LogP contribution in [0.2, 0.25) is 0 Å². The van der Waals surface area contributed by atoms with E-state index in [1.807, 2.05) is 0 Å². The summed E-state index contributed by atoms with van der Waals surface area (Å²) in [7, 11) is 0. The predicted molar refractivity (Wildman–Crippen MR) is 70.3 cm³/mol. The molecule has 0 saturated heterocycles. The lowest BCUT2D eigenvalue weighted by Gasteiger charge is -2.02. The van der Waals surface area contributed by atoms with Gasteiger partial charge in [0.15, 0.2) is 5.69 Å².